The summed E-state index contributed by atoms with van der Waals surface area (Å²) < 4.78 is 13.5. The van der Waals surface area contributed by atoms with Crippen LogP contribution in [0.15, 0.2) is 47.1 Å². The van der Waals surface area contributed by atoms with E-state index in [0.29, 0.717) is 42.0 Å². The Morgan fingerprint density at radius 2 is 2.10 bits per heavy atom. The van der Waals surface area contributed by atoms with E-state index >= 15 is 0 Å². The van der Waals surface area contributed by atoms with Gasteiger partial charge in [0.25, 0.3) is 5.91 Å². The molecule has 1 aromatic carbocycles. The van der Waals surface area contributed by atoms with Gasteiger partial charge in [-0.1, -0.05) is 16.8 Å². The zero-order chi connectivity index (χ0) is 20.5. The minimum Gasteiger partial charge on any atom is -0.380 e. The van der Waals surface area contributed by atoms with Gasteiger partial charge in [0.1, 0.15) is 5.69 Å². The summed E-state index contributed by atoms with van der Waals surface area (Å²) in [5.41, 5.74) is 2.38. The fourth-order valence-electron chi connectivity index (χ4n) is 3.58. The highest BCUT2D eigenvalue weighted by molar-refractivity contribution is 7.19. The van der Waals surface area contributed by atoms with Crippen LogP contribution in [0.25, 0.3) is 21.5 Å². The van der Waals surface area contributed by atoms with E-state index in [1.165, 1.54) is 11.3 Å². The predicted molar refractivity (Wildman–Crippen MR) is 115 cm³/mol. The average Bonchev–Trinajstić information content (AvgIpc) is 3.43. The molecule has 30 heavy (non-hydrogen) atoms. The highest BCUT2D eigenvalue weighted by Gasteiger charge is 2.18. The summed E-state index contributed by atoms with van der Waals surface area (Å²) in [5, 5.41) is 9.55. The van der Waals surface area contributed by atoms with E-state index < -0.39 is 0 Å². The second kappa shape index (κ2) is 8.22. The van der Waals surface area contributed by atoms with Gasteiger partial charge in [0.05, 0.1) is 34.1 Å². The molecular weight excluding hydrogens is 424 g/mol. The maximum Gasteiger partial charge on any atom is 0.253 e. The average molecular weight is 443 g/mol. The van der Waals surface area contributed by atoms with Crippen LogP contribution in [-0.4, -0.2) is 52.0 Å². The summed E-state index contributed by atoms with van der Waals surface area (Å²) in [6.07, 6.45) is 2.64. The number of nitrogens with zero attached hydrogens (tertiary/aromatic N) is 4. The molecule has 0 aliphatic carbocycles. The number of benzene rings is 1. The molecule has 0 bridgehead atoms. The summed E-state index contributed by atoms with van der Waals surface area (Å²) in [6.45, 7) is 3.12. The Bertz CT molecular complexity index is 1190. The molecule has 0 radical (unpaired) electrons. The summed E-state index contributed by atoms with van der Waals surface area (Å²) in [6, 6.07) is 11.3. The first-order chi connectivity index (χ1) is 14.7. The lowest BCUT2D eigenvalue weighted by atomic mass is 10.1. The summed E-state index contributed by atoms with van der Waals surface area (Å²) >= 11 is 7.45. The van der Waals surface area contributed by atoms with E-state index in [-0.39, 0.29) is 5.91 Å². The van der Waals surface area contributed by atoms with Gasteiger partial charge < -0.3 is 14.2 Å². The first-order valence-electron chi connectivity index (χ1n) is 9.71. The fourth-order valence-corrected chi connectivity index (χ4v) is 4.57. The molecule has 4 heterocycles. The van der Waals surface area contributed by atoms with E-state index in [2.05, 4.69) is 10.3 Å². The molecular formula is C21H19ClN4O3S. The number of thiophene rings is 1. The lowest BCUT2D eigenvalue weighted by molar-refractivity contribution is 0.0741. The lowest BCUT2D eigenvalue weighted by Gasteiger charge is -2.19. The van der Waals surface area contributed by atoms with Crippen molar-refractivity contribution in [2.75, 3.05) is 26.3 Å². The number of fused-ring (bicyclic) bond motifs is 1. The molecule has 154 valence electrons. The molecule has 5 rings (SSSR count). The summed E-state index contributed by atoms with van der Waals surface area (Å²) in [4.78, 5) is 15.6. The maximum absolute atomic E-state index is 12.8. The molecule has 1 aliphatic rings. The van der Waals surface area contributed by atoms with Gasteiger partial charge >= 0.3 is 0 Å². The van der Waals surface area contributed by atoms with E-state index in [1.54, 1.807) is 6.20 Å². The molecule has 0 spiro atoms. The third-order valence-corrected chi connectivity index (χ3v) is 6.33. The molecule has 0 atom stereocenters. The smallest absolute Gasteiger partial charge is 0.253 e. The number of hydrogen-bond donors (Lipinski definition) is 0. The minimum absolute atomic E-state index is 0.0332. The summed E-state index contributed by atoms with van der Waals surface area (Å²) in [5.74, 6) is 0.721. The van der Waals surface area contributed by atoms with Crippen LogP contribution >= 0.6 is 22.9 Å². The number of amides is 1. The topological polar surface area (TPSA) is 73.4 Å². The van der Waals surface area contributed by atoms with Crippen LogP contribution in [0.3, 0.4) is 0 Å². The van der Waals surface area contributed by atoms with Gasteiger partial charge in [0, 0.05) is 36.7 Å². The van der Waals surface area contributed by atoms with Gasteiger partial charge in [0.15, 0.2) is 5.76 Å². The second-order valence-corrected chi connectivity index (χ2v) is 8.84. The van der Waals surface area contributed by atoms with Crippen molar-refractivity contribution in [2.24, 2.45) is 0 Å². The molecule has 0 saturated carbocycles. The van der Waals surface area contributed by atoms with Crippen LogP contribution in [0.1, 0.15) is 22.5 Å². The SMILES string of the molecule is O=C(c1ccc2c(cnn2Cc2cc(-c3ccc(Cl)s3)on2)c1)N1CCCOCC1. The van der Waals surface area contributed by atoms with E-state index in [0.717, 1.165) is 34.4 Å². The number of aromatic nitrogens is 3. The molecule has 9 heteroatoms. The van der Waals surface area contributed by atoms with Crippen molar-refractivity contribution in [3.8, 4) is 10.6 Å². The molecule has 7 nitrogen and oxygen atoms in total. The maximum atomic E-state index is 12.8. The number of carbonyl (C=O) groups is 1. The van der Waals surface area contributed by atoms with Gasteiger partial charge in [0.2, 0.25) is 0 Å². The number of hydrogen-bond acceptors (Lipinski definition) is 6. The molecule has 0 unspecified atom stereocenters. The predicted octanol–water partition coefficient (Wildman–Crippen LogP) is 4.32. The monoisotopic (exact) mass is 442 g/mol. The Labute approximate surface area is 181 Å². The molecule has 3 aromatic heterocycles. The van der Waals surface area contributed by atoms with Crippen molar-refractivity contribution in [1.82, 2.24) is 19.8 Å². The number of halogens is 1. The Kier molecular flexibility index (Phi) is 5.28. The quantitative estimate of drug-likeness (QED) is 0.470. The fraction of sp³-hybridized carbons (Fsp3) is 0.286. The first kappa shape index (κ1) is 19.3. The molecule has 1 amide bonds. The van der Waals surface area contributed by atoms with Gasteiger partial charge in [-0.15, -0.1) is 11.3 Å². The van der Waals surface area contributed by atoms with E-state index in [9.17, 15) is 4.79 Å². The zero-order valence-corrected chi connectivity index (χ0v) is 17.7. The second-order valence-electron chi connectivity index (χ2n) is 7.12. The Hall–Kier alpha value is -2.68. The highest BCUT2D eigenvalue weighted by atomic mass is 35.5. The van der Waals surface area contributed by atoms with Crippen LogP contribution in [-0.2, 0) is 11.3 Å². The Morgan fingerprint density at radius 1 is 1.17 bits per heavy atom. The highest BCUT2D eigenvalue weighted by Crippen LogP contribution is 2.31. The molecule has 4 aromatic rings. The Balaban J connectivity index is 1.35. The molecule has 1 aliphatic heterocycles. The van der Waals surface area contributed by atoms with Gasteiger partial charge in [-0.25, -0.2) is 0 Å². The first-order valence-corrected chi connectivity index (χ1v) is 10.9. The lowest BCUT2D eigenvalue weighted by Crippen LogP contribution is -2.33. The third-order valence-electron chi connectivity index (χ3n) is 5.08. The van der Waals surface area contributed by atoms with Crippen LogP contribution in [0.2, 0.25) is 4.34 Å². The van der Waals surface area contributed by atoms with Crippen molar-refractivity contribution in [2.45, 2.75) is 13.0 Å². The van der Waals surface area contributed by atoms with Crippen molar-refractivity contribution in [3.63, 3.8) is 0 Å². The molecule has 0 N–H and O–H groups in total. The van der Waals surface area contributed by atoms with E-state index in [1.807, 2.05) is 46.0 Å². The minimum atomic E-state index is 0.0332. The normalized spacial score (nSPS) is 14.9. The molecule has 1 fully saturated rings. The van der Waals surface area contributed by atoms with Gasteiger partial charge in [-0.05, 0) is 36.8 Å². The van der Waals surface area contributed by atoms with Gasteiger partial charge in [-0.3, -0.25) is 9.48 Å². The van der Waals surface area contributed by atoms with Crippen molar-refractivity contribution in [3.05, 3.63) is 58.2 Å². The van der Waals surface area contributed by atoms with Crippen molar-refractivity contribution >= 4 is 39.7 Å². The Morgan fingerprint density at radius 3 is 2.97 bits per heavy atom. The third kappa shape index (κ3) is 3.86. The summed E-state index contributed by atoms with van der Waals surface area (Å²) in [7, 11) is 0. The molecule has 1 saturated heterocycles. The number of rotatable bonds is 4. The van der Waals surface area contributed by atoms with Crippen LogP contribution in [0, 0.1) is 0 Å². The number of ether oxygens (including phenoxy) is 1. The van der Waals surface area contributed by atoms with Crippen LogP contribution in [0.5, 0.6) is 0 Å². The van der Waals surface area contributed by atoms with Crippen LogP contribution in [0.4, 0.5) is 0 Å². The van der Waals surface area contributed by atoms with Gasteiger partial charge in [-0.2, -0.15) is 5.10 Å². The standard InChI is InChI=1S/C21H19ClN4O3S/c22-20-5-4-19(30-20)18-11-16(24-29-18)13-26-17-3-2-14(10-15(17)12-23-26)21(27)25-6-1-8-28-9-7-25/h2-5,10-12H,1,6-9,13H2. The van der Waals surface area contributed by atoms with Crippen molar-refractivity contribution < 1.29 is 14.1 Å². The number of carbonyl (C=O) groups excluding carboxylic acids is 1. The largest absolute Gasteiger partial charge is 0.380 e. The zero-order valence-electron chi connectivity index (χ0n) is 16.1. The van der Waals surface area contributed by atoms with Crippen LogP contribution < -0.4 is 0 Å². The van der Waals surface area contributed by atoms with Crippen molar-refractivity contribution in [1.29, 1.82) is 0 Å². The van der Waals surface area contributed by atoms with E-state index in [4.69, 9.17) is 20.9 Å².